The predicted octanol–water partition coefficient (Wildman–Crippen LogP) is 5.96. The van der Waals surface area contributed by atoms with Crippen LogP contribution in [0, 0.1) is 19.7 Å². The maximum absolute atomic E-state index is 13.5. The van der Waals surface area contributed by atoms with Gasteiger partial charge in [-0.3, -0.25) is 9.59 Å². The third-order valence-corrected chi connectivity index (χ3v) is 5.81. The Labute approximate surface area is 187 Å². The Balaban J connectivity index is 1.80. The molecule has 1 aliphatic rings. The monoisotopic (exact) mass is 428 g/mol. The molecule has 4 rings (SSSR count). The Hall–Kier alpha value is -3.73. The maximum atomic E-state index is 13.5. The number of nitrogens with zero attached hydrogens (tertiary/aromatic N) is 1. The number of carbonyl (C=O) groups excluding carboxylic acids is 2. The van der Waals surface area contributed by atoms with Crippen LogP contribution in [0.2, 0.25) is 0 Å². The minimum atomic E-state index is -0.470. The molecular weight excluding hydrogens is 403 g/mol. The summed E-state index contributed by atoms with van der Waals surface area (Å²) in [6.07, 6.45) is 0. The van der Waals surface area contributed by atoms with Gasteiger partial charge in [0.15, 0.2) is 0 Å². The van der Waals surface area contributed by atoms with Crippen molar-refractivity contribution in [2.45, 2.75) is 33.6 Å². The molecule has 3 aromatic carbocycles. The number of anilines is 2. The molecule has 0 saturated heterocycles. The molecule has 1 aliphatic heterocycles. The Morgan fingerprint density at radius 2 is 1.47 bits per heavy atom. The van der Waals surface area contributed by atoms with Crippen LogP contribution in [-0.2, 0) is 9.59 Å². The summed E-state index contributed by atoms with van der Waals surface area (Å²) in [5.74, 6) is -0.953. The number of amides is 2. The molecule has 0 aliphatic carbocycles. The second kappa shape index (κ2) is 8.42. The standard InChI is InChI=1S/C27H25FN2O2/c1-16(2)19-7-11-22(12-8-19)29-25-24(20-6-5-17(3)18(4)15-20)26(31)30(27(25)32)23-13-9-21(28)10-14-23/h5-16,29H,1-4H3. The summed E-state index contributed by atoms with van der Waals surface area (Å²) in [6.45, 7) is 8.19. The lowest BCUT2D eigenvalue weighted by Gasteiger charge is -2.15. The number of nitrogens with one attached hydrogen (secondary N) is 1. The molecular formula is C27H25FN2O2. The first-order chi connectivity index (χ1) is 15.3. The molecule has 0 unspecified atom stereocenters. The van der Waals surface area contributed by atoms with Gasteiger partial charge in [0, 0.05) is 5.69 Å². The fraction of sp³-hybridized carbons (Fsp3) is 0.185. The van der Waals surface area contributed by atoms with Gasteiger partial charge in [-0.1, -0.05) is 44.2 Å². The van der Waals surface area contributed by atoms with E-state index in [-0.39, 0.29) is 5.70 Å². The van der Waals surface area contributed by atoms with Gasteiger partial charge in [0.2, 0.25) is 0 Å². The van der Waals surface area contributed by atoms with Gasteiger partial charge in [-0.2, -0.15) is 0 Å². The highest BCUT2D eigenvalue weighted by molar-refractivity contribution is 6.46. The van der Waals surface area contributed by atoms with Gasteiger partial charge in [-0.05, 0) is 78.4 Å². The molecule has 4 nitrogen and oxygen atoms in total. The van der Waals surface area contributed by atoms with Crippen molar-refractivity contribution in [2.75, 3.05) is 10.2 Å². The van der Waals surface area contributed by atoms with Crippen molar-refractivity contribution in [3.63, 3.8) is 0 Å². The second-order valence-corrected chi connectivity index (χ2v) is 8.37. The molecule has 3 aromatic rings. The third-order valence-electron chi connectivity index (χ3n) is 5.81. The van der Waals surface area contributed by atoms with Crippen LogP contribution in [0.5, 0.6) is 0 Å². The van der Waals surface area contributed by atoms with Gasteiger partial charge in [-0.25, -0.2) is 9.29 Å². The number of hydrogen-bond donors (Lipinski definition) is 1. The number of carbonyl (C=O) groups is 2. The highest BCUT2D eigenvalue weighted by atomic mass is 19.1. The Morgan fingerprint density at radius 1 is 0.812 bits per heavy atom. The molecule has 1 N–H and O–H groups in total. The zero-order valence-electron chi connectivity index (χ0n) is 18.6. The van der Waals surface area contributed by atoms with Crippen molar-refractivity contribution in [3.8, 4) is 0 Å². The summed E-state index contributed by atoms with van der Waals surface area (Å²) >= 11 is 0. The Morgan fingerprint density at radius 3 is 2.06 bits per heavy atom. The van der Waals surface area contributed by atoms with E-state index in [2.05, 4.69) is 19.2 Å². The zero-order valence-corrected chi connectivity index (χ0v) is 18.6. The van der Waals surface area contributed by atoms with Gasteiger partial charge in [0.05, 0.1) is 11.3 Å². The number of halogens is 1. The molecule has 32 heavy (non-hydrogen) atoms. The summed E-state index contributed by atoms with van der Waals surface area (Å²) in [7, 11) is 0. The summed E-state index contributed by atoms with van der Waals surface area (Å²) in [4.78, 5) is 28.0. The topological polar surface area (TPSA) is 49.4 Å². The van der Waals surface area contributed by atoms with Gasteiger partial charge < -0.3 is 5.32 Å². The number of imide groups is 1. The molecule has 2 amide bonds. The number of benzene rings is 3. The minimum absolute atomic E-state index is 0.208. The van der Waals surface area contributed by atoms with E-state index in [9.17, 15) is 14.0 Å². The zero-order chi connectivity index (χ0) is 23.0. The van der Waals surface area contributed by atoms with Crippen LogP contribution in [-0.4, -0.2) is 11.8 Å². The fourth-order valence-corrected chi connectivity index (χ4v) is 3.73. The van der Waals surface area contributed by atoms with Crippen LogP contribution in [0.25, 0.3) is 5.57 Å². The van der Waals surface area contributed by atoms with E-state index in [0.717, 1.165) is 16.0 Å². The van der Waals surface area contributed by atoms with E-state index in [1.165, 1.54) is 29.8 Å². The van der Waals surface area contributed by atoms with Crippen molar-refractivity contribution in [2.24, 2.45) is 0 Å². The van der Waals surface area contributed by atoms with E-state index in [0.29, 0.717) is 28.4 Å². The number of hydrogen-bond acceptors (Lipinski definition) is 3. The number of rotatable bonds is 5. The minimum Gasteiger partial charge on any atom is -0.350 e. The van der Waals surface area contributed by atoms with E-state index >= 15 is 0 Å². The summed E-state index contributed by atoms with van der Waals surface area (Å²) in [6, 6.07) is 18.8. The van der Waals surface area contributed by atoms with Crippen molar-refractivity contribution < 1.29 is 14.0 Å². The van der Waals surface area contributed by atoms with Crippen LogP contribution in [0.15, 0.2) is 72.4 Å². The van der Waals surface area contributed by atoms with Crippen LogP contribution < -0.4 is 10.2 Å². The maximum Gasteiger partial charge on any atom is 0.282 e. The molecule has 0 saturated carbocycles. The van der Waals surface area contributed by atoms with Crippen molar-refractivity contribution in [1.29, 1.82) is 0 Å². The van der Waals surface area contributed by atoms with Crippen LogP contribution in [0.1, 0.15) is 42.0 Å². The SMILES string of the molecule is Cc1ccc(C2=C(Nc3ccc(C(C)C)cc3)C(=O)N(c3ccc(F)cc3)C2=O)cc1C. The lowest BCUT2D eigenvalue weighted by molar-refractivity contribution is -0.120. The molecule has 0 atom stereocenters. The predicted molar refractivity (Wildman–Crippen MR) is 126 cm³/mol. The van der Waals surface area contributed by atoms with E-state index in [1.54, 1.807) is 0 Å². The Kier molecular flexibility index (Phi) is 5.66. The van der Waals surface area contributed by atoms with Crippen molar-refractivity contribution >= 4 is 28.8 Å². The smallest absolute Gasteiger partial charge is 0.282 e. The van der Waals surface area contributed by atoms with Gasteiger partial charge in [0.1, 0.15) is 11.5 Å². The van der Waals surface area contributed by atoms with E-state index in [1.807, 2.05) is 56.3 Å². The highest BCUT2D eigenvalue weighted by Crippen LogP contribution is 2.34. The summed E-state index contributed by atoms with van der Waals surface area (Å²) in [5, 5.41) is 3.17. The number of aryl methyl sites for hydroxylation is 2. The first-order valence-electron chi connectivity index (χ1n) is 10.6. The molecule has 1 heterocycles. The third kappa shape index (κ3) is 3.94. The molecule has 0 radical (unpaired) electrons. The first-order valence-corrected chi connectivity index (χ1v) is 10.6. The van der Waals surface area contributed by atoms with Crippen molar-refractivity contribution in [3.05, 3.63) is 100 Å². The van der Waals surface area contributed by atoms with Gasteiger partial charge >= 0.3 is 0 Å². The molecule has 0 spiro atoms. The quantitative estimate of drug-likeness (QED) is 0.510. The average molecular weight is 429 g/mol. The lowest BCUT2D eigenvalue weighted by atomic mass is 9.99. The molecule has 0 fully saturated rings. The van der Waals surface area contributed by atoms with Crippen LogP contribution >= 0.6 is 0 Å². The van der Waals surface area contributed by atoms with Crippen molar-refractivity contribution in [1.82, 2.24) is 0 Å². The average Bonchev–Trinajstić information content (AvgIpc) is 3.01. The van der Waals surface area contributed by atoms with Gasteiger partial charge in [0.25, 0.3) is 11.8 Å². The normalized spacial score (nSPS) is 14.0. The van der Waals surface area contributed by atoms with Crippen LogP contribution in [0.3, 0.4) is 0 Å². The molecule has 0 aromatic heterocycles. The molecule has 5 heteroatoms. The Bertz CT molecular complexity index is 1230. The molecule has 0 bridgehead atoms. The summed E-state index contributed by atoms with van der Waals surface area (Å²) in [5.41, 5.74) is 5.52. The largest absolute Gasteiger partial charge is 0.350 e. The van der Waals surface area contributed by atoms with Crippen LogP contribution in [0.4, 0.5) is 15.8 Å². The lowest BCUT2D eigenvalue weighted by Crippen LogP contribution is -2.32. The summed E-state index contributed by atoms with van der Waals surface area (Å²) < 4.78 is 13.4. The van der Waals surface area contributed by atoms with E-state index in [4.69, 9.17) is 0 Å². The highest BCUT2D eigenvalue weighted by Gasteiger charge is 2.40. The second-order valence-electron chi connectivity index (χ2n) is 8.37. The molecule has 162 valence electrons. The first kappa shape index (κ1) is 21.5. The fourth-order valence-electron chi connectivity index (χ4n) is 3.73. The van der Waals surface area contributed by atoms with E-state index < -0.39 is 17.6 Å². The van der Waals surface area contributed by atoms with Gasteiger partial charge in [-0.15, -0.1) is 0 Å².